The third-order valence-electron chi connectivity index (χ3n) is 3.54. The molecule has 0 spiro atoms. The number of hydrogen-bond donors (Lipinski definition) is 1. The monoisotopic (exact) mass is 318 g/mol. The molecule has 0 radical (unpaired) electrons. The van der Waals surface area contributed by atoms with Crippen LogP contribution in [0.1, 0.15) is 10.4 Å². The van der Waals surface area contributed by atoms with Gasteiger partial charge in [-0.3, -0.25) is 19.7 Å². The van der Waals surface area contributed by atoms with Crippen molar-refractivity contribution in [3.8, 4) is 10.6 Å². The molecule has 3 heterocycles. The van der Waals surface area contributed by atoms with E-state index in [0.717, 1.165) is 37.7 Å². The topological polar surface area (TPSA) is 67.4 Å². The molecule has 0 aliphatic carbocycles. The van der Waals surface area contributed by atoms with Gasteiger partial charge in [0.05, 0.1) is 34.9 Å². The molecule has 0 unspecified atom stereocenters. The molecule has 2 aromatic rings. The molecular formula is C15H18N4O2S. The molecule has 1 aliphatic rings. The number of carbonyl (C=O) groups is 1. The zero-order valence-corrected chi connectivity index (χ0v) is 13.0. The summed E-state index contributed by atoms with van der Waals surface area (Å²) in [7, 11) is 0. The van der Waals surface area contributed by atoms with Crippen molar-refractivity contribution in [3.05, 3.63) is 35.6 Å². The molecule has 1 amide bonds. The molecule has 116 valence electrons. The van der Waals surface area contributed by atoms with Gasteiger partial charge in [0.2, 0.25) is 0 Å². The van der Waals surface area contributed by atoms with E-state index in [1.54, 1.807) is 30.0 Å². The Balaban J connectivity index is 1.60. The molecule has 0 aromatic carbocycles. The van der Waals surface area contributed by atoms with E-state index in [0.29, 0.717) is 17.8 Å². The Bertz CT molecular complexity index is 612. The van der Waals surface area contributed by atoms with Crippen molar-refractivity contribution >= 4 is 17.2 Å². The van der Waals surface area contributed by atoms with Crippen molar-refractivity contribution in [1.29, 1.82) is 0 Å². The zero-order chi connectivity index (χ0) is 15.2. The highest BCUT2D eigenvalue weighted by atomic mass is 32.1. The summed E-state index contributed by atoms with van der Waals surface area (Å²) in [5.41, 5.74) is 3.02. The summed E-state index contributed by atoms with van der Waals surface area (Å²) in [6, 6.07) is 3.58. The summed E-state index contributed by atoms with van der Waals surface area (Å²) >= 11 is 1.48. The first-order valence-corrected chi connectivity index (χ1v) is 8.15. The number of ether oxygens (including phenoxy) is 1. The molecule has 1 fully saturated rings. The van der Waals surface area contributed by atoms with E-state index in [1.165, 1.54) is 11.3 Å². The van der Waals surface area contributed by atoms with Gasteiger partial charge < -0.3 is 10.1 Å². The van der Waals surface area contributed by atoms with Crippen LogP contribution in [0.2, 0.25) is 0 Å². The Morgan fingerprint density at radius 2 is 2.27 bits per heavy atom. The van der Waals surface area contributed by atoms with Crippen LogP contribution in [0, 0.1) is 0 Å². The summed E-state index contributed by atoms with van der Waals surface area (Å²) < 4.78 is 5.31. The second kappa shape index (κ2) is 7.44. The van der Waals surface area contributed by atoms with Crippen LogP contribution < -0.4 is 5.32 Å². The number of thiazole rings is 1. The van der Waals surface area contributed by atoms with Crippen LogP contribution in [0.4, 0.5) is 0 Å². The predicted octanol–water partition coefficient (Wildman–Crippen LogP) is 1.27. The Kier molecular flexibility index (Phi) is 5.10. The average molecular weight is 318 g/mol. The van der Waals surface area contributed by atoms with Crippen LogP contribution in [0.15, 0.2) is 30.0 Å². The maximum atomic E-state index is 12.4. The quantitative estimate of drug-likeness (QED) is 0.899. The second-order valence-corrected chi connectivity index (χ2v) is 5.86. The number of rotatable bonds is 5. The Labute approximate surface area is 133 Å². The first-order chi connectivity index (χ1) is 10.8. The number of hydrogen-bond acceptors (Lipinski definition) is 6. The summed E-state index contributed by atoms with van der Waals surface area (Å²) in [5, 5.41) is 2.97. The smallest absolute Gasteiger partial charge is 0.253 e. The van der Waals surface area contributed by atoms with Crippen LogP contribution in [0.3, 0.4) is 0 Å². The van der Waals surface area contributed by atoms with E-state index in [9.17, 15) is 4.79 Å². The highest BCUT2D eigenvalue weighted by molar-refractivity contribution is 7.13. The van der Waals surface area contributed by atoms with Gasteiger partial charge in [0, 0.05) is 38.6 Å². The van der Waals surface area contributed by atoms with E-state index < -0.39 is 0 Å². The van der Waals surface area contributed by atoms with Gasteiger partial charge in [-0.25, -0.2) is 0 Å². The van der Waals surface area contributed by atoms with E-state index in [2.05, 4.69) is 20.2 Å². The lowest BCUT2D eigenvalue weighted by atomic mass is 10.1. The molecule has 22 heavy (non-hydrogen) atoms. The SMILES string of the molecule is O=C(NCCN1CCOCC1)c1cccnc1-c1cncs1. The van der Waals surface area contributed by atoms with Gasteiger partial charge in [0.1, 0.15) is 0 Å². The Morgan fingerprint density at radius 3 is 3.05 bits per heavy atom. The maximum absolute atomic E-state index is 12.4. The molecule has 7 heteroatoms. The Morgan fingerprint density at radius 1 is 1.41 bits per heavy atom. The summed E-state index contributed by atoms with van der Waals surface area (Å²) in [4.78, 5) is 24.0. The third-order valence-corrected chi connectivity index (χ3v) is 4.32. The number of nitrogens with zero attached hydrogens (tertiary/aromatic N) is 3. The molecule has 1 aliphatic heterocycles. The zero-order valence-electron chi connectivity index (χ0n) is 12.2. The van der Waals surface area contributed by atoms with Gasteiger partial charge in [-0.15, -0.1) is 11.3 Å². The molecule has 2 aromatic heterocycles. The summed E-state index contributed by atoms with van der Waals surface area (Å²) in [6.45, 7) is 4.85. The predicted molar refractivity (Wildman–Crippen MR) is 84.9 cm³/mol. The lowest BCUT2D eigenvalue weighted by Gasteiger charge is -2.26. The average Bonchev–Trinajstić information content (AvgIpc) is 3.10. The minimum absolute atomic E-state index is 0.0928. The highest BCUT2D eigenvalue weighted by Gasteiger charge is 2.15. The first-order valence-electron chi connectivity index (χ1n) is 7.27. The number of amides is 1. The lowest BCUT2D eigenvalue weighted by Crippen LogP contribution is -2.41. The molecule has 6 nitrogen and oxygen atoms in total. The fraction of sp³-hybridized carbons (Fsp3) is 0.400. The van der Waals surface area contributed by atoms with Gasteiger partial charge in [0.15, 0.2) is 0 Å². The van der Waals surface area contributed by atoms with Crippen molar-refractivity contribution in [2.24, 2.45) is 0 Å². The highest BCUT2D eigenvalue weighted by Crippen LogP contribution is 2.24. The standard InChI is InChI=1S/C15H18N4O2S/c20-15(18-4-5-19-6-8-21-9-7-19)12-2-1-3-17-14(12)13-10-16-11-22-13/h1-3,10-11H,4-9H2,(H,18,20). The van der Waals surface area contributed by atoms with Gasteiger partial charge in [-0.2, -0.15) is 0 Å². The van der Waals surface area contributed by atoms with Crippen LogP contribution in [0.25, 0.3) is 10.6 Å². The van der Waals surface area contributed by atoms with Crippen molar-refractivity contribution in [1.82, 2.24) is 20.2 Å². The van der Waals surface area contributed by atoms with Crippen LogP contribution in [-0.2, 0) is 4.74 Å². The minimum atomic E-state index is -0.0928. The third kappa shape index (κ3) is 3.68. The van der Waals surface area contributed by atoms with Crippen LogP contribution in [0.5, 0.6) is 0 Å². The first kappa shape index (κ1) is 15.1. The number of aromatic nitrogens is 2. The van der Waals surface area contributed by atoms with E-state index >= 15 is 0 Å². The Hall–Kier alpha value is -1.83. The van der Waals surface area contributed by atoms with Gasteiger partial charge in [0.25, 0.3) is 5.91 Å². The molecule has 0 atom stereocenters. The molecule has 1 saturated heterocycles. The molecule has 1 N–H and O–H groups in total. The summed E-state index contributed by atoms with van der Waals surface area (Å²) in [6.07, 6.45) is 3.43. The van der Waals surface area contributed by atoms with Crippen molar-refractivity contribution in [2.75, 3.05) is 39.4 Å². The minimum Gasteiger partial charge on any atom is -0.379 e. The lowest BCUT2D eigenvalue weighted by molar-refractivity contribution is 0.0383. The van der Waals surface area contributed by atoms with Crippen molar-refractivity contribution < 1.29 is 9.53 Å². The van der Waals surface area contributed by atoms with Gasteiger partial charge in [-0.05, 0) is 12.1 Å². The van der Waals surface area contributed by atoms with Gasteiger partial charge in [-0.1, -0.05) is 0 Å². The normalized spacial score (nSPS) is 15.6. The number of pyridine rings is 1. The van der Waals surface area contributed by atoms with Gasteiger partial charge >= 0.3 is 0 Å². The second-order valence-electron chi connectivity index (χ2n) is 4.98. The maximum Gasteiger partial charge on any atom is 0.253 e. The van der Waals surface area contributed by atoms with Crippen molar-refractivity contribution in [2.45, 2.75) is 0 Å². The number of nitrogens with one attached hydrogen (secondary N) is 1. The largest absolute Gasteiger partial charge is 0.379 e. The van der Waals surface area contributed by atoms with E-state index in [4.69, 9.17) is 4.74 Å². The van der Waals surface area contributed by atoms with Crippen molar-refractivity contribution in [3.63, 3.8) is 0 Å². The molecule has 3 rings (SSSR count). The molecule has 0 saturated carbocycles. The fourth-order valence-corrected chi connectivity index (χ4v) is 3.00. The van der Waals surface area contributed by atoms with E-state index in [-0.39, 0.29) is 5.91 Å². The number of morpholine rings is 1. The molecule has 0 bridgehead atoms. The number of carbonyl (C=O) groups excluding carboxylic acids is 1. The van der Waals surface area contributed by atoms with Crippen LogP contribution in [-0.4, -0.2) is 60.2 Å². The van der Waals surface area contributed by atoms with Crippen LogP contribution >= 0.6 is 11.3 Å². The molecular weight excluding hydrogens is 300 g/mol. The summed E-state index contributed by atoms with van der Waals surface area (Å²) in [5.74, 6) is -0.0928. The fourth-order valence-electron chi connectivity index (χ4n) is 2.37. The van der Waals surface area contributed by atoms with E-state index in [1.807, 2.05) is 0 Å².